The average Bonchev–Trinajstić information content (AvgIpc) is 2.55. The second kappa shape index (κ2) is 10.8. The van der Waals surface area contributed by atoms with Gasteiger partial charge in [-0.25, -0.2) is 0 Å². The number of hydrogen-bond donors (Lipinski definition) is 0. The molecule has 0 aliphatic heterocycles. The van der Waals surface area contributed by atoms with Crippen molar-refractivity contribution in [3.05, 3.63) is 58.1 Å². The van der Waals surface area contributed by atoms with E-state index in [0.29, 0.717) is 5.92 Å². The Morgan fingerprint density at radius 1 is 1.00 bits per heavy atom. The largest absolute Gasteiger partial charge is 0.494 e. The molecule has 2 rings (SSSR count). The molecule has 4 heteroatoms. The maximum absolute atomic E-state index is 13.1. The van der Waals surface area contributed by atoms with E-state index in [0.717, 1.165) is 46.3 Å². The second-order valence-corrected chi connectivity index (χ2v) is 10.4. The van der Waals surface area contributed by atoms with Crippen LogP contribution in [0.3, 0.4) is 0 Å². The van der Waals surface area contributed by atoms with Crippen LogP contribution in [0.1, 0.15) is 73.7 Å². The van der Waals surface area contributed by atoms with Gasteiger partial charge in [0.2, 0.25) is 0 Å². The first-order valence-electron chi connectivity index (χ1n) is 10.2. The number of rotatable bonds is 7. The Bertz CT molecular complexity index is 827. The van der Waals surface area contributed by atoms with E-state index in [1.54, 1.807) is 0 Å². The Kier molecular flexibility index (Phi) is 9.68. The van der Waals surface area contributed by atoms with Crippen LogP contribution in [0.2, 0.25) is 0 Å². The molecule has 0 aliphatic rings. The quantitative estimate of drug-likeness (QED) is 0.411. The number of benzene rings is 2. The summed E-state index contributed by atoms with van der Waals surface area (Å²) in [5.74, 6) is 1.52. The summed E-state index contributed by atoms with van der Waals surface area (Å²) < 4.78 is 5.84. The Balaban J connectivity index is 0.00000420. The first kappa shape index (κ1) is 26.0. The van der Waals surface area contributed by atoms with Gasteiger partial charge in [-0.3, -0.25) is 4.79 Å². The molecule has 0 aliphatic carbocycles. The van der Waals surface area contributed by atoms with E-state index < -0.39 is 0 Å². The smallest absolute Gasteiger partial charge is 0.186 e. The topological polar surface area (TPSA) is 26.3 Å². The fourth-order valence-corrected chi connectivity index (χ4v) is 4.42. The monoisotopic (exact) mass is 405 g/mol. The maximum atomic E-state index is 13.1. The van der Waals surface area contributed by atoms with Crippen LogP contribution in [0.4, 0.5) is 0 Å². The molecule has 0 bridgehead atoms. The van der Waals surface area contributed by atoms with Crippen molar-refractivity contribution in [1.29, 1.82) is 0 Å². The minimum Gasteiger partial charge on any atom is -0.494 e. The summed E-state index contributed by atoms with van der Waals surface area (Å²) in [5.41, 5.74) is 5.73. The SMILES string of the molecule is Cc1cc(OCCC(C)C)ccc1PC(=O)c1c(C)cc(C(C)(C)C)cc1C.[Li]. The van der Waals surface area contributed by atoms with E-state index in [1.165, 1.54) is 5.56 Å². The third-order valence-corrected chi connectivity index (χ3v) is 6.34. The van der Waals surface area contributed by atoms with Crippen molar-refractivity contribution < 1.29 is 9.53 Å². The standard InChI is InChI=1S/C25H35O2P.Li/c1-16(2)11-12-27-21-9-10-22(17(3)15-21)28-24(26)23-18(4)13-20(14-19(23)5)25(6,7)8;/h9-10,13-16,28H,11-12H2,1-8H3;. The summed E-state index contributed by atoms with van der Waals surface area (Å²) in [6, 6.07) is 10.4. The first-order valence-corrected chi connectivity index (χ1v) is 11.2. The van der Waals surface area contributed by atoms with Crippen LogP contribution >= 0.6 is 8.58 Å². The molecular weight excluding hydrogens is 370 g/mol. The molecular formula is C25H35LiO2P. The normalized spacial score (nSPS) is 11.8. The summed E-state index contributed by atoms with van der Waals surface area (Å²) in [6.07, 6.45) is 1.05. The summed E-state index contributed by atoms with van der Waals surface area (Å²) in [4.78, 5) is 13.1. The van der Waals surface area contributed by atoms with Crippen molar-refractivity contribution in [2.75, 3.05) is 6.61 Å². The van der Waals surface area contributed by atoms with Crippen LogP contribution in [0.25, 0.3) is 0 Å². The van der Waals surface area contributed by atoms with Crippen LogP contribution in [0, 0.1) is 26.7 Å². The zero-order valence-electron chi connectivity index (χ0n) is 19.7. The number of carbonyl (C=O) groups excluding carboxylic acids is 1. The molecule has 2 aromatic carbocycles. The van der Waals surface area contributed by atoms with Crippen molar-refractivity contribution >= 4 is 38.3 Å². The van der Waals surface area contributed by atoms with Gasteiger partial charge in [-0.2, -0.15) is 0 Å². The second-order valence-electron chi connectivity index (χ2n) is 9.20. The third-order valence-electron chi connectivity index (χ3n) is 5.04. The first-order chi connectivity index (χ1) is 13.0. The molecule has 1 atom stereocenters. The summed E-state index contributed by atoms with van der Waals surface area (Å²) in [5, 5.41) is 1.10. The van der Waals surface area contributed by atoms with Crippen LogP contribution in [0.5, 0.6) is 5.75 Å². The number of carbonyl (C=O) groups is 1. The Morgan fingerprint density at radius 2 is 1.59 bits per heavy atom. The maximum Gasteiger partial charge on any atom is 0.186 e. The zero-order chi connectivity index (χ0) is 21.1. The predicted octanol–water partition coefficient (Wildman–Crippen LogP) is 6.10. The van der Waals surface area contributed by atoms with Crippen molar-refractivity contribution in [2.45, 2.75) is 67.2 Å². The van der Waals surface area contributed by atoms with Gasteiger partial charge in [-0.15, -0.1) is 0 Å². The zero-order valence-corrected chi connectivity index (χ0v) is 20.7. The summed E-state index contributed by atoms with van der Waals surface area (Å²) in [6.45, 7) is 17.9. The molecule has 2 aromatic rings. The van der Waals surface area contributed by atoms with Crippen molar-refractivity contribution in [3.63, 3.8) is 0 Å². The molecule has 0 saturated heterocycles. The minimum atomic E-state index is 0. The van der Waals surface area contributed by atoms with Gasteiger partial charge < -0.3 is 4.74 Å². The van der Waals surface area contributed by atoms with Crippen molar-refractivity contribution in [2.24, 2.45) is 5.92 Å². The van der Waals surface area contributed by atoms with E-state index in [4.69, 9.17) is 4.74 Å². The molecule has 29 heavy (non-hydrogen) atoms. The molecule has 0 heterocycles. The van der Waals surface area contributed by atoms with Crippen LogP contribution in [0.15, 0.2) is 30.3 Å². The van der Waals surface area contributed by atoms with Crippen molar-refractivity contribution in [1.82, 2.24) is 0 Å². The van der Waals surface area contributed by atoms with Crippen LogP contribution in [-0.2, 0) is 5.41 Å². The fourth-order valence-electron chi connectivity index (χ4n) is 3.22. The fraction of sp³-hybridized carbons (Fsp3) is 0.480. The molecule has 0 saturated carbocycles. The van der Waals surface area contributed by atoms with E-state index in [-0.39, 0.29) is 38.4 Å². The van der Waals surface area contributed by atoms with Crippen LogP contribution in [-0.4, -0.2) is 31.0 Å². The van der Waals surface area contributed by atoms with Gasteiger partial charge >= 0.3 is 0 Å². The molecule has 0 amide bonds. The molecule has 0 spiro atoms. The Hall–Kier alpha value is -1.06. The molecule has 0 N–H and O–H groups in total. The number of hydrogen-bond acceptors (Lipinski definition) is 2. The Morgan fingerprint density at radius 3 is 2.07 bits per heavy atom. The van der Waals surface area contributed by atoms with Crippen molar-refractivity contribution in [3.8, 4) is 5.75 Å². The van der Waals surface area contributed by atoms with Crippen LogP contribution < -0.4 is 10.0 Å². The molecule has 0 fully saturated rings. The minimum absolute atomic E-state index is 0. The number of aryl methyl sites for hydroxylation is 3. The van der Waals surface area contributed by atoms with Gasteiger partial charge in [-0.1, -0.05) is 52.8 Å². The predicted molar refractivity (Wildman–Crippen MR) is 129 cm³/mol. The van der Waals surface area contributed by atoms with E-state index >= 15 is 0 Å². The van der Waals surface area contributed by atoms with Gasteiger partial charge in [0.1, 0.15) is 5.75 Å². The summed E-state index contributed by atoms with van der Waals surface area (Å²) >= 11 is 0. The van der Waals surface area contributed by atoms with Gasteiger partial charge in [0.15, 0.2) is 5.52 Å². The molecule has 0 aromatic heterocycles. The average molecular weight is 405 g/mol. The summed E-state index contributed by atoms with van der Waals surface area (Å²) in [7, 11) is 0.131. The van der Waals surface area contributed by atoms with E-state index in [2.05, 4.69) is 73.6 Å². The van der Waals surface area contributed by atoms with Gasteiger partial charge in [0.25, 0.3) is 0 Å². The van der Waals surface area contributed by atoms with E-state index in [9.17, 15) is 4.79 Å². The number of ether oxygens (including phenoxy) is 1. The Labute approximate surface area is 191 Å². The molecule has 1 unspecified atom stereocenters. The van der Waals surface area contributed by atoms with E-state index in [1.807, 2.05) is 12.1 Å². The third kappa shape index (κ3) is 7.29. The van der Waals surface area contributed by atoms with Gasteiger partial charge in [0, 0.05) is 24.4 Å². The van der Waals surface area contributed by atoms with Gasteiger partial charge in [-0.05, 0) is 86.8 Å². The molecule has 1 radical (unpaired) electrons. The molecule has 2 nitrogen and oxygen atoms in total. The molecule has 153 valence electrons. The van der Waals surface area contributed by atoms with Gasteiger partial charge in [0.05, 0.1) is 6.61 Å².